The number of esters is 3. The van der Waals surface area contributed by atoms with E-state index in [0.29, 0.717) is 19.3 Å². The highest BCUT2D eigenvalue weighted by molar-refractivity contribution is 7.47. The molecule has 0 aromatic carbocycles. The average molecular weight is 1430 g/mol. The van der Waals surface area contributed by atoms with Gasteiger partial charge in [-0.1, -0.05) is 276 Å². The quantitative estimate of drug-likeness (QED) is 0.0146. The van der Waals surface area contributed by atoms with Crippen LogP contribution in [0.5, 0.6) is 0 Å². The van der Waals surface area contributed by atoms with Gasteiger partial charge in [0, 0.05) is 19.3 Å². The largest absolute Gasteiger partial charge is 0.472 e. The van der Waals surface area contributed by atoms with Crippen LogP contribution in [0.2, 0.25) is 0 Å². The van der Waals surface area contributed by atoms with E-state index in [4.69, 9.17) is 32.3 Å². The molecule has 0 aliphatic carbocycles. The molecule has 566 valence electrons. The van der Waals surface area contributed by atoms with E-state index in [2.05, 4.69) is 167 Å². The fourth-order valence-electron chi connectivity index (χ4n) is 9.77. The molecule has 0 spiro atoms. The van der Waals surface area contributed by atoms with Gasteiger partial charge < -0.3 is 34.2 Å². The van der Waals surface area contributed by atoms with Crippen LogP contribution < -0.4 is 0 Å². The fraction of sp³-hybridized carbons (Fsp3) is 0.667. The van der Waals surface area contributed by atoms with Crippen LogP contribution in [0, 0.1) is 0 Å². The summed E-state index contributed by atoms with van der Waals surface area (Å²) < 4.78 is 61.1. The lowest BCUT2D eigenvalue weighted by molar-refractivity contribution is -0.161. The number of rotatable bonds is 71. The number of phosphoric ester groups is 2. The highest BCUT2D eigenvalue weighted by atomic mass is 31.2. The molecule has 4 N–H and O–H groups in total. The highest BCUT2D eigenvalue weighted by Gasteiger charge is 2.29. The number of carbonyl (C=O) groups is 3. The molecule has 0 aromatic rings. The number of allylic oxidation sites excluding steroid dienone is 24. The van der Waals surface area contributed by atoms with Crippen LogP contribution in [0.15, 0.2) is 146 Å². The van der Waals surface area contributed by atoms with Gasteiger partial charge in [-0.05, 0) is 141 Å². The van der Waals surface area contributed by atoms with Crippen molar-refractivity contribution in [3.8, 4) is 0 Å². The maximum absolute atomic E-state index is 13.0. The Morgan fingerprint density at radius 1 is 0.293 bits per heavy atom. The number of phosphoric acid groups is 2. The van der Waals surface area contributed by atoms with E-state index in [-0.39, 0.29) is 19.3 Å². The maximum atomic E-state index is 13.0. The third kappa shape index (κ3) is 74.4. The van der Waals surface area contributed by atoms with Gasteiger partial charge in [-0.2, -0.15) is 0 Å². The fourth-order valence-corrected chi connectivity index (χ4v) is 11.4. The number of carbonyl (C=O) groups excluding carboxylic acids is 3. The van der Waals surface area contributed by atoms with E-state index in [9.17, 15) is 43.5 Å². The Labute approximate surface area is 600 Å². The van der Waals surface area contributed by atoms with Crippen molar-refractivity contribution in [2.24, 2.45) is 0 Å². The Balaban J connectivity index is 4.60. The second kappa shape index (κ2) is 73.2. The minimum absolute atomic E-state index is 0.0801. The van der Waals surface area contributed by atoms with Gasteiger partial charge in [0.1, 0.15) is 25.4 Å². The minimum Gasteiger partial charge on any atom is -0.463 e. The van der Waals surface area contributed by atoms with Gasteiger partial charge in [-0.15, -0.1) is 0 Å². The van der Waals surface area contributed by atoms with Crippen molar-refractivity contribution in [2.75, 3.05) is 39.6 Å². The standard InChI is InChI=1S/C81H136O16P2/c1-4-7-10-13-16-19-22-25-28-30-32-34-35-36-37-38-39-41-43-44-47-49-52-55-58-61-64-67-79(84)91-70-76(82)71-93-98(87,88)94-72-77(83)73-95-99(89,90)96-75-78(97-81(86)69-66-63-60-57-54-51-46-27-24-21-18-15-12-9-6-3)74-92-80(85)68-65-62-59-56-53-50-48-45-42-40-33-31-29-26-23-20-17-14-11-8-5-2/h7-8,10-11,16-21,25-29,32-34,36-37,40,45-46,48,76-78,82-83H,4-6,9,12-15,22-24,30-31,35,38-39,41-44,47,49-75H2,1-3H3,(H,87,88)(H,89,90)/b10-7-,11-8-,19-16-,20-17-,21-18-,28-25-,29-26-,34-32-,37-36-,40-33-,46-27-,48-45-. The zero-order valence-electron chi connectivity index (χ0n) is 61.6. The van der Waals surface area contributed by atoms with Crippen molar-refractivity contribution in [1.82, 2.24) is 0 Å². The van der Waals surface area contributed by atoms with Crippen LogP contribution in [-0.4, -0.2) is 95.9 Å². The molecule has 99 heavy (non-hydrogen) atoms. The van der Waals surface area contributed by atoms with Crippen LogP contribution in [0.25, 0.3) is 0 Å². The van der Waals surface area contributed by atoms with Crippen molar-refractivity contribution in [3.05, 3.63) is 146 Å². The molecule has 0 bridgehead atoms. The lowest BCUT2D eigenvalue weighted by atomic mass is 10.0. The molecule has 0 heterocycles. The lowest BCUT2D eigenvalue weighted by Crippen LogP contribution is -2.30. The highest BCUT2D eigenvalue weighted by Crippen LogP contribution is 2.45. The Morgan fingerprint density at radius 3 is 0.848 bits per heavy atom. The molecule has 0 radical (unpaired) electrons. The van der Waals surface area contributed by atoms with Crippen molar-refractivity contribution < 1.29 is 75.8 Å². The van der Waals surface area contributed by atoms with Gasteiger partial charge in [0.2, 0.25) is 0 Å². The van der Waals surface area contributed by atoms with Crippen LogP contribution in [-0.2, 0) is 55.8 Å². The van der Waals surface area contributed by atoms with Gasteiger partial charge in [-0.3, -0.25) is 32.5 Å². The number of aliphatic hydroxyl groups excluding tert-OH is 2. The number of ether oxygens (including phenoxy) is 3. The second-order valence-corrected chi connectivity index (χ2v) is 27.9. The zero-order valence-corrected chi connectivity index (χ0v) is 63.4. The van der Waals surface area contributed by atoms with Crippen molar-refractivity contribution >= 4 is 33.6 Å². The first-order valence-electron chi connectivity index (χ1n) is 38.1. The van der Waals surface area contributed by atoms with E-state index in [1.165, 1.54) is 64.2 Å². The molecule has 0 aromatic heterocycles. The number of hydrogen-bond donors (Lipinski definition) is 4. The first-order valence-corrected chi connectivity index (χ1v) is 41.1. The number of aliphatic hydroxyl groups is 2. The summed E-state index contributed by atoms with van der Waals surface area (Å²) in [7, 11) is -9.80. The Morgan fingerprint density at radius 2 is 0.535 bits per heavy atom. The molecule has 5 atom stereocenters. The van der Waals surface area contributed by atoms with E-state index < -0.39 is 91.5 Å². The third-order valence-electron chi connectivity index (χ3n) is 15.5. The Bertz CT molecular complexity index is 2380. The summed E-state index contributed by atoms with van der Waals surface area (Å²) in [5, 5.41) is 20.6. The molecule has 18 heteroatoms. The summed E-state index contributed by atoms with van der Waals surface area (Å²) in [4.78, 5) is 58.6. The SMILES string of the molecule is CC/C=C\C/C=C\C/C=C\C/C=C\C/C=C\CCCCCCCCCCCCCC(=O)OCC(O)COP(=O)(O)OCC(O)COP(=O)(O)OCC(COC(=O)CCCCCCC/C=C\C/C=C\C/C=C\C/C=C\C/C=C\CC)OC(=O)CCCCCCC/C=C\C/C=C\CCCCC. The van der Waals surface area contributed by atoms with Crippen LogP contribution >= 0.6 is 15.6 Å². The summed E-state index contributed by atoms with van der Waals surface area (Å²) >= 11 is 0. The number of hydrogen-bond acceptors (Lipinski definition) is 14. The molecule has 0 saturated carbocycles. The maximum Gasteiger partial charge on any atom is 0.472 e. The molecule has 0 rings (SSSR count). The van der Waals surface area contributed by atoms with Crippen LogP contribution in [0.1, 0.15) is 290 Å². The molecule has 0 amide bonds. The Hall–Kier alpha value is -4.57. The van der Waals surface area contributed by atoms with E-state index >= 15 is 0 Å². The predicted octanol–water partition coefficient (Wildman–Crippen LogP) is 22.1. The van der Waals surface area contributed by atoms with Crippen molar-refractivity contribution in [1.29, 1.82) is 0 Å². The van der Waals surface area contributed by atoms with Crippen molar-refractivity contribution in [3.63, 3.8) is 0 Å². The first-order chi connectivity index (χ1) is 48.2. The molecule has 5 unspecified atom stereocenters. The van der Waals surface area contributed by atoms with Gasteiger partial charge >= 0.3 is 33.6 Å². The number of unbranched alkanes of at least 4 members (excludes halogenated alkanes) is 24. The summed E-state index contributed by atoms with van der Waals surface area (Å²) in [6, 6.07) is 0. The average Bonchev–Trinajstić information content (AvgIpc) is 1.44. The van der Waals surface area contributed by atoms with Crippen molar-refractivity contribution in [2.45, 2.75) is 309 Å². The van der Waals surface area contributed by atoms with Crippen LogP contribution in [0.3, 0.4) is 0 Å². The van der Waals surface area contributed by atoms with Gasteiger partial charge in [0.15, 0.2) is 6.10 Å². The lowest BCUT2D eigenvalue weighted by Gasteiger charge is -2.21. The Kier molecular flexibility index (Phi) is 69.8. The van der Waals surface area contributed by atoms with Gasteiger partial charge in [0.25, 0.3) is 0 Å². The summed E-state index contributed by atoms with van der Waals surface area (Å²) in [6.07, 6.45) is 88.9. The van der Waals surface area contributed by atoms with E-state index in [1.807, 2.05) is 0 Å². The predicted molar refractivity (Wildman–Crippen MR) is 408 cm³/mol. The topological polar surface area (TPSA) is 231 Å². The molecule has 0 aliphatic heterocycles. The third-order valence-corrected chi connectivity index (χ3v) is 17.4. The minimum atomic E-state index is -4.94. The van der Waals surface area contributed by atoms with Gasteiger partial charge in [0.05, 0.1) is 26.4 Å². The molecule has 0 fully saturated rings. The van der Waals surface area contributed by atoms with Gasteiger partial charge in [-0.25, -0.2) is 9.13 Å². The zero-order chi connectivity index (χ0) is 72.3. The molecule has 0 aliphatic rings. The summed E-state index contributed by atoms with van der Waals surface area (Å²) in [6.45, 7) is 2.38. The summed E-state index contributed by atoms with van der Waals surface area (Å²) in [5.74, 6) is -1.62. The summed E-state index contributed by atoms with van der Waals surface area (Å²) in [5.41, 5.74) is 0. The van der Waals surface area contributed by atoms with E-state index in [0.717, 1.165) is 167 Å². The normalized spacial score (nSPS) is 14.9. The second-order valence-electron chi connectivity index (χ2n) is 25.0. The molecule has 0 saturated heterocycles. The molecular weight excluding hydrogens is 1290 g/mol. The van der Waals surface area contributed by atoms with E-state index in [1.54, 1.807) is 0 Å². The molecule has 16 nitrogen and oxygen atoms in total. The smallest absolute Gasteiger partial charge is 0.463 e. The van der Waals surface area contributed by atoms with Crippen LogP contribution in [0.4, 0.5) is 0 Å². The molecular formula is C81H136O16P2. The monoisotopic (exact) mass is 1430 g/mol. The first kappa shape index (κ1) is 94.4.